The van der Waals surface area contributed by atoms with Crippen LogP contribution in [0, 0.1) is 0 Å². The van der Waals surface area contributed by atoms with Gasteiger partial charge in [0.05, 0.1) is 39.1 Å². The molecule has 0 aromatic heterocycles. The predicted molar refractivity (Wildman–Crippen MR) is 332 cm³/mol. The smallest absolute Gasteiger partial charge is 0.475 e. The molecule has 0 radical (unpaired) electrons. The lowest BCUT2D eigenvalue weighted by molar-refractivity contribution is -0.151. The summed E-state index contributed by atoms with van der Waals surface area (Å²) in [6, 6.07) is 9.67. The third-order valence-corrected chi connectivity index (χ3v) is 13.5. The molecule has 4 atom stereocenters. The number of aliphatic hydroxyl groups is 1. The van der Waals surface area contributed by atoms with Gasteiger partial charge >= 0.3 is 24.2 Å². The summed E-state index contributed by atoms with van der Waals surface area (Å²) in [4.78, 5) is 51.5. The number of ether oxygens (including phenoxy) is 8. The molecule has 3 N–H and O–H groups in total. The molecule has 478 valence electrons. The van der Waals surface area contributed by atoms with Crippen LogP contribution in [0.2, 0.25) is 0 Å². The summed E-state index contributed by atoms with van der Waals surface area (Å²) < 4.78 is 42.7. The molecule has 2 rings (SSSR count). The zero-order valence-corrected chi connectivity index (χ0v) is 53.9. The summed E-state index contributed by atoms with van der Waals surface area (Å²) in [5.74, 6) is 0.593. The number of hydrogen-bond acceptors (Lipinski definition) is 15. The molecule has 0 bridgehead atoms. The standard InChI is InChI=1S/C32H53NO4.C25H51NO4.C10H18O5/c1-3-5-7-9-10-11-12-14-19-23-31(34)37-30(22-18-13-8-6-4-2)24-25-35-26-29-27-36-32(33-29)28-20-16-15-17-21-28;1-3-5-7-9-10-11-12-14-16-18-25(28)30-24(17-15-13-8-6-4-2)19-20-29-22-23(26)21-27;1-9(2,3)14-7(11)13-8(12)15-10(4,5)6/h15-17,20-21,29-30H,3-14,18-19,22-27H2,1-2H3;23-24,27H,3-22,26H2,1-2H3;1-6H3/t29-,30-;23-,24+;/m10./s1. The minimum atomic E-state index is -1.06. The third kappa shape index (κ3) is 51.8. The summed E-state index contributed by atoms with van der Waals surface area (Å²) in [5, 5.41) is 8.96. The van der Waals surface area contributed by atoms with Gasteiger partial charge in [0.2, 0.25) is 5.90 Å². The van der Waals surface area contributed by atoms with E-state index in [-0.39, 0.29) is 42.8 Å². The number of unbranched alkanes of at least 4 members (excludes halogenated alkanes) is 24. The van der Waals surface area contributed by atoms with Crippen molar-refractivity contribution in [2.75, 3.05) is 39.6 Å². The number of carbonyl (C=O) groups excluding carboxylic acids is 4. The summed E-state index contributed by atoms with van der Waals surface area (Å²) in [6.07, 6.45) is 36.8. The van der Waals surface area contributed by atoms with E-state index in [1.807, 2.05) is 30.3 Å². The van der Waals surface area contributed by atoms with Crippen LogP contribution in [0.15, 0.2) is 35.3 Å². The molecule has 0 saturated carbocycles. The largest absolute Gasteiger partial charge is 0.519 e. The first kappa shape index (κ1) is 78.2. The third-order valence-electron chi connectivity index (χ3n) is 13.5. The Morgan fingerprint density at radius 3 is 1.32 bits per heavy atom. The van der Waals surface area contributed by atoms with Crippen molar-refractivity contribution >= 4 is 30.1 Å². The molecular weight excluding hydrogens is 1040 g/mol. The summed E-state index contributed by atoms with van der Waals surface area (Å²) in [5.41, 5.74) is 5.27. The monoisotopic (exact) mass is 1160 g/mol. The maximum Gasteiger partial charge on any atom is 0.519 e. The highest BCUT2D eigenvalue weighted by atomic mass is 16.8. The van der Waals surface area contributed by atoms with Crippen LogP contribution in [-0.2, 0) is 47.5 Å². The van der Waals surface area contributed by atoms with Crippen LogP contribution in [0.25, 0.3) is 0 Å². The maximum atomic E-state index is 12.5. The molecule has 1 aromatic rings. The van der Waals surface area contributed by atoms with E-state index in [4.69, 9.17) is 44.0 Å². The molecule has 1 aliphatic heterocycles. The fourth-order valence-corrected chi connectivity index (χ4v) is 8.91. The Balaban J connectivity index is 0.00000130. The summed E-state index contributed by atoms with van der Waals surface area (Å²) in [6.45, 7) is 21.4. The van der Waals surface area contributed by atoms with Crippen LogP contribution in [0.5, 0.6) is 0 Å². The van der Waals surface area contributed by atoms with Crippen molar-refractivity contribution < 1.29 is 62.2 Å². The Morgan fingerprint density at radius 2 is 0.927 bits per heavy atom. The van der Waals surface area contributed by atoms with Gasteiger partial charge in [-0.15, -0.1) is 0 Å². The van der Waals surface area contributed by atoms with Gasteiger partial charge in [-0.05, 0) is 92.2 Å². The van der Waals surface area contributed by atoms with E-state index in [0.717, 1.165) is 63.4 Å². The first-order valence-corrected chi connectivity index (χ1v) is 32.7. The van der Waals surface area contributed by atoms with E-state index in [9.17, 15) is 19.2 Å². The molecule has 1 heterocycles. The van der Waals surface area contributed by atoms with Gasteiger partial charge in [-0.2, -0.15) is 0 Å². The van der Waals surface area contributed by atoms with Crippen LogP contribution >= 0.6 is 0 Å². The lowest BCUT2D eigenvalue weighted by Gasteiger charge is -2.20. The van der Waals surface area contributed by atoms with Crippen molar-refractivity contribution in [2.24, 2.45) is 10.7 Å². The SMILES string of the molecule is CC(C)(C)OC(=O)OC(=O)OC(C)(C)C.CCCCCCCCCCCC(=O)O[C@H](CCCCCCC)CCOC[C@@H](N)CO.CCCCCCCCCCCC(=O)O[C@H](CCCCCCC)CCOC[C@@H]1COC(c2ccccc2)=N1. The van der Waals surface area contributed by atoms with Crippen molar-refractivity contribution in [1.29, 1.82) is 0 Å². The first-order chi connectivity index (χ1) is 39.4. The van der Waals surface area contributed by atoms with Gasteiger partial charge in [0.15, 0.2) is 0 Å². The van der Waals surface area contributed by atoms with Crippen LogP contribution in [0.4, 0.5) is 9.59 Å². The number of nitrogens with zero attached hydrogens (tertiary/aromatic N) is 1. The zero-order valence-electron chi connectivity index (χ0n) is 53.9. The van der Waals surface area contributed by atoms with Gasteiger partial charge in [-0.3, -0.25) is 9.59 Å². The highest BCUT2D eigenvalue weighted by Gasteiger charge is 2.25. The Kier molecular flexibility index (Phi) is 50.3. The fraction of sp³-hybridized carbons (Fsp3) is 0.836. The predicted octanol–water partition coefficient (Wildman–Crippen LogP) is 17.2. The van der Waals surface area contributed by atoms with Gasteiger partial charge in [0.1, 0.15) is 36.1 Å². The Bertz CT molecular complexity index is 1670. The van der Waals surface area contributed by atoms with Crippen LogP contribution in [0.1, 0.15) is 293 Å². The summed E-state index contributed by atoms with van der Waals surface area (Å²) >= 11 is 0. The molecule has 0 spiro atoms. The number of aliphatic imine (C=N–C) groups is 1. The second kappa shape index (κ2) is 52.7. The lowest BCUT2D eigenvalue weighted by Crippen LogP contribution is -2.30. The van der Waals surface area contributed by atoms with E-state index in [0.29, 0.717) is 58.2 Å². The average molecular weight is 1160 g/mol. The van der Waals surface area contributed by atoms with E-state index in [1.165, 1.54) is 141 Å². The zero-order chi connectivity index (χ0) is 61.0. The van der Waals surface area contributed by atoms with E-state index >= 15 is 0 Å². The molecule has 0 aliphatic carbocycles. The minimum absolute atomic E-state index is 0.0249. The van der Waals surface area contributed by atoms with E-state index in [1.54, 1.807) is 41.5 Å². The second-order valence-electron chi connectivity index (χ2n) is 24.3. The Morgan fingerprint density at radius 1 is 0.549 bits per heavy atom. The fourth-order valence-electron chi connectivity index (χ4n) is 8.91. The minimum Gasteiger partial charge on any atom is -0.475 e. The number of nitrogens with two attached hydrogens (primary N) is 1. The number of aliphatic hydroxyl groups excluding tert-OH is 1. The van der Waals surface area contributed by atoms with E-state index in [2.05, 4.69) is 37.4 Å². The van der Waals surface area contributed by atoms with Gasteiger partial charge < -0.3 is 48.7 Å². The quantitative estimate of drug-likeness (QED) is 0.0270. The van der Waals surface area contributed by atoms with Gasteiger partial charge in [-0.25, -0.2) is 14.6 Å². The molecule has 1 aliphatic rings. The van der Waals surface area contributed by atoms with Gasteiger partial charge in [-0.1, -0.05) is 200 Å². The van der Waals surface area contributed by atoms with Gasteiger partial charge in [0, 0.05) is 31.2 Å². The van der Waals surface area contributed by atoms with Crippen molar-refractivity contribution in [3.63, 3.8) is 0 Å². The second-order valence-corrected chi connectivity index (χ2v) is 24.3. The molecule has 0 fully saturated rings. The molecule has 0 amide bonds. The van der Waals surface area contributed by atoms with Gasteiger partial charge in [0.25, 0.3) is 0 Å². The Hall–Kier alpha value is -3.79. The maximum absolute atomic E-state index is 12.5. The molecule has 1 aromatic carbocycles. The average Bonchev–Trinajstić information content (AvgIpc) is 3.96. The molecule has 15 nitrogen and oxygen atoms in total. The molecular formula is C67H122N2O13. The molecule has 0 unspecified atom stereocenters. The highest BCUT2D eigenvalue weighted by molar-refractivity contribution is 5.95. The van der Waals surface area contributed by atoms with Crippen LogP contribution in [0.3, 0.4) is 0 Å². The molecule has 82 heavy (non-hydrogen) atoms. The normalized spacial score (nSPS) is 14.2. The molecule has 15 heteroatoms. The van der Waals surface area contributed by atoms with Crippen molar-refractivity contribution in [3.05, 3.63) is 35.9 Å². The number of hydrogen-bond donors (Lipinski definition) is 2. The Labute approximate surface area is 499 Å². The molecule has 0 saturated heterocycles. The number of rotatable bonds is 46. The number of esters is 2. The van der Waals surface area contributed by atoms with Crippen LogP contribution < -0.4 is 5.73 Å². The number of carbonyl (C=O) groups is 4. The van der Waals surface area contributed by atoms with E-state index < -0.39 is 23.5 Å². The topological polar surface area (TPSA) is 201 Å². The van der Waals surface area contributed by atoms with Crippen molar-refractivity contribution in [1.82, 2.24) is 0 Å². The highest BCUT2D eigenvalue weighted by Crippen LogP contribution is 2.19. The number of benzene rings is 1. The lowest BCUT2D eigenvalue weighted by atomic mass is 10.1. The van der Waals surface area contributed by atoms with Crippen LogP contribution in [-0.4, -0.2) is 110 Å². The summed E-state index contributed by atoms with van der Waals surface area (Å²) in [7, 11) is 0. The van der Waals surface area contributed by atoms with Crippen molar-refractivity contribution in [3.8, 4) is 0 Å². The van der Waals surface area contributed by atoms with Crippen molar-refractivity contribution in [2.45, 2.75) is 323 Å². The first-order valence-electron chi connectivity index (χ1n) is 32.7.